The lowest BCUT2D eigenvalue weighted by Gasteiger charge is -2.07. The Morgan fingerprint density at radius 2 is 1.55 bits per heavy atom. The zero-order valence-electron chi connectivity index (χ0n) is 11.9. The van der Waals surface area contributed by atoms with E-state index in [1.165, 1.54) is 6.92 Å². The third-order valence-electron chi connectivity index (χ3n) is 1.83. The van der Waals surface area contributed by atoms with Crippen molar-refractivity contribution >= 4 is 21.8 Å². The number of rotatable bonds is 7. The lowest BCUT2D eigenvalue weighted by atomic mass is 10.3. The van der Waals surface area contributed by atoms with E-state index in [2.05, 4.69) is 5.32 Å². The summed E-state index contributed by atoms with van der Waals surface area (Å²) in [6, 6.07) is 0. The fourth-order valence-corrected chi connectivity index (χ4v) is 1.87. The lowest BCUT2D eigenvalue weighted by Crippen LogP contribution is -2.21. The molecule has 0 bridgehead atoms. The van der Waals surface area contributed by atoms with Crippen LogP contribution in [0.3, 0.4) is 0 Å². The number of esters is 2. The van der Waals surface area contributed by atoms with Crippen LogP contribution in [0.4, 0.5) is 0 Å². The highest BCUT2D eigenvalue weighted by Crippen LogP contribution is 2.03. The summed E-state index contributed by atoms with van der Waals surface area (Å²) in [5.74, 6) is -1.68. The van der Waals surface area contributed by atoms with E-state index in [0.717, 1.165) is 17.9 Å². The molecule has 0 amide bonds. The van der Waals surface area contributed by atoms with Crippen LogP contribution in [-0.2, 0) is 28.9 Å². The van der Waals surface area contributed by atoms with E-state index in [4.69, 9.17) is 9.47 Å². The Bertz CT molecular complexity index is 498. The molecule has 7 nitrogen and oxygen atoms in total. The monoisotopic (exact) mass is 305 g/mol. The molecule has 8 heteroatoms. The molecule has 0 spiro atoms. The number of nitrogens with one attached hydrogen (secondary N) is 1. The quantitative estimate of drug-likeness (QED) is 0.316. The van der Waals surface area contributed by atoms with Gasteiger partial charge in [-0.25, -0.2) is 18.0 Å². The highest BCUT2D eigenvalue weighted by Gasteiger charge is 2.20. The number of hydrogen-bond acceptors (Lipinski definition) is 7. The number of hydrogen-bond donors (Lipinski definition) is 1. The zero-order chi connectivity index (χ0) is 15.8. The molecular formula is C12H19NO6S. The van der Waals surface area contributed by atoms with Gasteiger partial charge in [0.2, 0.25) is 0 Å². The van der Waals surface area contributed by atoms with E-state index in [1.807, 2.05) is 0 Å². The van der Waals surface area contributed by atoms with E-state index in [-0.39, 0.29) is 24.5 Å². The van der Waals surface area contributed by atoms with Crippen LogP contribution >= 0.6 is 0 Å². The Morgan fingerprint density at radius 1 is 1.10 bits per heavy atom. The molecule has 0 atom stereocenters. The van der Waals surface area contributed by atoms with Crippen LogP contribution in [0.5, 0.6) is 0 Å². The summed E-state index contributed by atoms with van der Waals surface area (Å²) in [6.07, 6.45) is 2.09. The summed E-state index contributed by atoms with van der Waals surface area (Å²) in [6.45, 7) is 4.89. The van der Waals surface area contributed by atoms with Crippen LogP contribution in [0.25, 0.3) is 0 Å². The Morgan fingerprint density at radius 3 is 1.90 bits per heavy atom. The van der Waals surface area contributed by atoms with Gasteiger partial charge in [-0.3, -0.25) is 0 Å². The van der Waals surface area contributed by atoms with Gasteiger partial charge in [-0.15, -0.1) is 0 Å². The van der Waals surface area contributed by atoms with Gasteiger partial charge in [0.15, 0.2) is 15.4 Å². The van der Waals surface area contributed by atoms with Crippen molar-refractivity contribution in [3.63, 3.8) is 0 Å². The van der Waals surface area contributed by atoms with E-state index in [0.29, 0.717) is 0 Å². The average molecular weight is 305 g/mol. The van der Waals surface area contributed by atoms with Crippen molar-refractivity contribution in [2.45, 2.75) is 20.8 Å². The van der Waals surface area contributed by atoms with E-state index in [1.54, 1.807) is 13.8 Å². The summed E-state index contributed by atoms with van der Waals surface area (Å²) in [7, 11) is -3.32. The molecule has 0 unspecified atom stereocenters. The van der Waals surface area contributed by atoms with Gasteiger partial charge in [-0.2, -0.15) is 0 Å². The van der Waals surface area contributed by atoms with Crippen molar-refractivity contribution in [2.75, 3.05) is 19.5 Å². The molecule has 0 aliphatic carbocycles. The summed E-state index contributed by atoms with van der Waals surface area (Å²) >= 11 is 0. The molecule has 0 aliphatic rings. The van der Waals surface area contributed by atoms with Gasteiger partial charge in [-0.05, 0) is 20.8 Å². The SMILES string of the molecule is CCOC(=O)C(=CN/C(C)=C\S(C)(=O)=O)C(=O)OCC. The molecule has 0 aliphatic heterocycles. The largest absolute Gasteiger partial charge is 0.462 e. The zero-order valence-corrected chi connectivity index (χ0v) is 12.7. The van der Waals surface area contributed by atoms with Crippen molar-refractivity contribution in [3.05, 3.63) is 22.9 Å². The molecule has 0 fully saturated rings. The normalized spacial score (nSPS) is 11.5. The maximum Gasteiger partial charge on any atom is 0.347 e. The van der Waals surface area contributed by atoms with Crippen molar-refractivity contribution < 1.29 is 27.5 Å². The van der Waals surface area contributed by atoms with Crippen molar-refractivity contribution in [1.29, 1.82) is 0 Å². The molecule has 0 aromatic carbocycles. The Labute approximate surface area is 118 Å². The average Bonchev–Trinajstić information content (AvgIpc) is 2.27. The first-order valence-corrected chi connectivity index (χ1v) is 7.86. The van der Waals surface area contributed by atoms with Crippen molar-refractivity contribution in [2.24, 2.45) is 0 Å². The van der Waals surface area contributed by atoms with Gasteiger partial charge >= 0.3 is 11.9 Å². The molecule has 114 valence electrons. The summed E-state index contributed by atoms with van der Waals surface area (Å²) in [5.41, 5.74) is -0.0893. The van der Waals surface area contributed by atoms with Gasteiger partial charge < -0.3 is 14.8 Å². The molecule has 0 aromatic heterocycles. The maximum atomic E-state index is 11.6. The number of ether oxygens (including phenoxy) is 2. The first kappa shape index (κ1) is 18.2. The van der Waals surface area contributed by atoms with Crippen molar-refractivity contribution in [3.8, 4) is 0 Å². The van der Waals surface area contributed by atoms with Crippen LogP contribution in [0.15, 0.2) is 22.9 Å². The Kier molecular flexibility index (Phi) is 7.60. The second kappa shape index (κ2) is 8.36. The molecule has 0 saturated heterocycles. The van der Waals surface area contributed by atoms with Crippen molar-refractivity contribution in [1.82, 2.24) is 5.32 Å². The van der Waals surface area contributed by atoms with Crippen LogP contribution in [0.2, 0.25) is 0 Å². The van der Waals surface area contributed by atoms with Gasteiger partial charge in [0.25, 0.3) is 0 Å². The van der Waals surface area contributed by atoms with E-state index >= 15 is 0 Å². The maximum absolute atomic E-state index is 11.6. The molecular weight excluding hydrogens is 286 g/mol. The Hall–Kier alpha value is -1.83. The predicted molar refractivity (Wildman–Crippen MR) is 73.1 cm³/mol. The smallest absolute Gasteiger partial charge is 0.347 e. The molecule has 0 rings (SSSR count). The van der Waals surface area contributed by atoms with Gasteiger partial charge in [0.1, 0.15) is 0 Å². The third kappa shape index (κ3) is 7.57. The fourth-order valence-electron chi connectivity index (χ4n) is 1.16. The van der Waals surface area contributed by atoms with Crippen LogP contribution in [0, 0.1) is 0 Å². The van der Waals surface area contributed by atoms with Crippen LogP contribution in [0.1, 0.15) is 20.8 Å². The van der Waals surface area contributed by atoms with Crippen LogP contribution in [-0.4, -0.2) is 39.8 Å². The van der Waals surface area contributed by atoms with Crippen LogP contribution < -0.4 is 5.32 Å². The number of sulfone groups is 1. The first-order valence-electron chi connectivity index (χ1n) is 5.90. The van der Waals surface area contributed by atoms with Gasteiger partial charge in [0.05, 0.1) is 13.2 Å². The minimum atomic E-state index is -3.32. The predicted octanol–water partition coefficient (Wildman–Crippen LogP) is 0.492. The second-order valence-electron chi connectivity index (χ2n) is 3.77. The number of carbonyl (C=O) groups excluding carboxylic acids is 2. The molecule has 20 heavy (non-hydrogen) atoms. The highest BCUT2D eigenvalue weighted by molar-refractivity contribution is 7.93. The Balaban J connectivity index is 5.13. The topological polar surface area (TPSA) is 98.8 Å². The third-order valence-corrected chi connectivity index (χ3v) is 2.61. The first-order chi connectivity index (χ1) is 9.21. The summed E-state index contributed by atoms with van der Waals surface area (Å²) in [4.78, 5) is 23.2. The standard InChI is InChI=1S/C12H19NO6S/c1-5-18-11(14)10(12(15)19-6-2)7-13-9(3)8-20(4,16)17/h7-8,13H,5-6H2,1-4H3/b9-8-. The minimum absolute atomic E-state index is 0.105. The van der Waals surface area contributed by atoms with Gasteiger partial charge in [-0.1, -0.05) is 0 Å². The lowest BCUT2D eigenvalue weighted by molar-refractivity contribution is -0.146. The molecule has 0 aromatic rings. The molecule has 0 saturated carbocycles. The van der Waals surface area contributed by atoms with E-state index < -0.39 is 21.8 Å². The molecule has 0 radical (unpaired) electrons. The fraction of sp³-hybridized carbons (Fsp3) is 0.500. The summed E-state index contributed by atoms with van der Waals surface area (Å²) < 4.78 is 31.5. The minimum Gasteiger partial charge on any atom is -0.462 e. The molecule has 1 N–H and O–H groups in total. The number of carbonyl (C=O) groups is 2. The highest BCUT2D eigenvalue weighted by atomic mass is 32.2. The summed E-state index contributed by atoms with van der Waals surface area (Å²) in [5, 5.41) is 3.51. The number of allylic oxidation sites excluding steroid dienone is 1. The van der Waals surface area contributed by atoms with E-state index in [9.17, 15) is 18.0 Å². The second-order valence-corrected chi connectivity index (χ2v) is 5.67. The van der Waals surface area contributed by atoms with Gasteiger partial charge in [0, 0.05) is 23.6 Å². The molecule has 0 heterocycles.